The second-order valence-corrected chi connectivity index (χ2v) is 8.68. The van der Waals surface area contributed by atoms with Crippen LogP contribution in [0, 0.1) is 0 Å². The van der Waals surface area contributed by atoms with Crippen molar-refractivity contribution >= 4 is 17.2 Å². The molecule has 2 aromatic heterocycles. The number of ether oxygens (including phenoxy) is 1. The Kier molecular flexibility index (Phi) is 6.62. The third kappa shape index (κ3) is 5.20. The number of aromatic nitrogens is 3. The molecular weight excluding hydrogens is 450 g/mol. The van der Waals surface area contributed by atoms with E-state index in [9.17, 15) is 4.79 Å². The fraction of sp³-hybridized carbons (Fsp3) is 0.138. The van der Waals surface area contributed by atoms with Gasteiger partial charge in [0.1, 0.15) is 18.1 Å². The lowest BCUT2D eigenvalue weighted by molar-refractivity contribution is 0.0946. The highest BCUT2D eigenvalue weighted by Gasteiger charge is 2.13. The summed E-state index contributed by atoms with van der Waals surface area (Å²) in [5.41, 5.74) is 5.98. The number of amides is 1. The molecule has 5 rings (SSSR count). The maximum Gasteiger partial charge on any atom is 0.270 e. The number of fused-ring (bicyclic) bond motifs is 1. The summed E-state index contributed by atoms with van der Waals surface area (Å²) < 4.78 is 7.57. The van der Waals surface area contributed by atoms with Crippen molar-refractivity contribution in [1.29, 1.82) is 0 Å². The third-order valence-corrected chi connectivity index (χ3v) is 5.90. The summed E-state index contributed by atoms with van der Waals surface area (Å²) in [5, 5.41) is 7.37. The molecule has 0 aliphatic carbocycles. The summed E-state index contributed by atoms with van der Waals surface area (Å²) in [4.78, 5) is 19.5. The second kappa shape index (κ2) is 10.3. The van der Waals surface area contributed by atoms with Crippen LogP contribution >= 0.6 is 0 Å². The Balaban J connectivity index is 1.29. The summed E-state index contributed by atoms with van der Waals surface area (Å²) >= 11 is 0. The first-order valence-electron chi connectivity index (χ1n) is 11.7. The minimum Gasteiger partial charge on any atom is -0.489 e. The van der Waals surface area contributed by atoms with Gasteiger partial charge in [-0.2, -0.15) is 5.10 Å². The van der Waals surface area contributed by atoms with Crippen molar-refractivity contribution < 1.29 is 9.53 Å². The molecular formula is C29H27N5O2. The van der Waals surface area contributed by atoms with Crippen LogP contribution in [0.5, 0.6) is 5.75 Å². The van der Waals surface area contributed by atoms with Crippen molar-refractivity contribution in [3.05, 3.63) is 114 Å². The fourth-order valence-corrected chi connectivity index (χ4v) is 3.89. The zero-order valence-corrected chi connectivity index (χ0v) is 20.3. The molecule has 0 spiro atoms. The quantitative estimate of drug-likeness (QED) is 0.342. The Labute approximate surface area is 210 Å². The molecule has 0 unspecified atom stereocenters. The summed E-state index contributed by atoms with van der Waals surface area (Å²) in [6.07, 6.45) is 3.52. The largest absolute Gasteiger partial charge is 0.489 e. The van der Waals surface area contributed by atoms with E-state index >= 15 is 0 Å². The highest BCUT2D eigenvalue weighted by Crippen LogP contribution is 2.26. The zero-order valence-electron chi connectivity index (χ0n) is 20.3. The van der Waals surface area contributed by atoms with Crippen molar-refractivity contribution in [2.24, 2.45) is 0 Å². The summed E-state index contributed by atoms with van der Waals surface area (Å²) in [6.45, 7) is 0.931. The van der Waals surface area contributed by atoms with E-state index in [1.54, 1.807) is 23.0 Å². The molecule has 36 heavy (non-hydrogen) atoms. The Hall–Kier alpha value is -4.65. The molecule has 1 N–H and O–H groups in total. The minimum absolute atomic E-state index is 0.232. The van der Waals surface area contributed by atoms with Crippen LogP contribution in [0.15, 0.2) is 97.3 Å². The van der Waals surface area contributed by atoms with Gasteiger partial charge in [0.05, 0.1) is 6.20 Å². The number of hydrogen-bond donors (Lipinski definition) is 1. The van der Waals surface area contributed by atoms with E-state index in [1.165, 1.54) is 0 Å². The predicted molar refractivity (Wildman–Crippen MR) is 141 cm³/mol. The Morgan fingerprint density at radius 1 is 0.944 bits per heavy atom. The molecule has 7 nitrogen and oxygen atoms in total. The molecule has 5 aromatic rings. The van der Waals surface area contributed by atoms with E-state index in [0.717, 1.165) is 33.7 Å². The highest BCUT2D eigenvalue weighted by atomic mass is 16.5. The molecule has 0 bridgehead atoms. The molecule has 2 heterocycles. The minimum atomic E-state index is -0.232. The standard InChI is InChI=1S/C29H27N5O2/c1-33(2)24-10-6-9-22(17-24)18-30-29(35)27-15-16-34-28(32-27)26(19-31-34)23-11-13-25(14-12-23)36-20-21-7-4-3-5-8-21/h3-17,19H,18,20H2,1-2H3,(H,30,35). The van der Waals surface area contributed by atoms with Crippen LogP contribution < -0.4 is 15.0 Å². The number of rotatable bonds is 8. The van der Waals surface area contributed by atoms with Crippen LogP contribution in [0.3, 0.4) is 0 Å². The van der Waals surface area contributed by atoms with Crippen LogP contribution in [0.4, 0.5) is 5.69 Å². The van der Waals surface area contributed by atoms with E-state index in [4.69, 9.17) is 4.74 Å². The molecule has 1 amide bonds. The van der Waals surface area contributed by atoms with E-state index in [2.05, 4.69) is 21.5 Å². The van der Waals surface area contributed by atoms with Crippen LogP contribution in [-0.2, 0) is 13.2 Å². The maximum absolute atomic E-state index is 12.9. The number of carbonyl (C=O) groups is 1. The lowest BCUT2D eigenvalue weighted by atomic mass is 10.1. The molecule has 0 saturated carbocycles. The summed E-state index contributed by atoms with van der Waals surface area (Å²) in [5.74, 6) is 0.551. The lowest BCUT2D eigenvalue weighted by Crippen LogP contribution is -2.24. The maximum atomic E-state index is 12.9. The van der Waals surface area contributed by atoms with Gasteiger partial charge in [0.15, 0.2) is 5.65 Å². The number of hydrogen-bond acceptors (Lipinski definition) is 5. The normalized spacial score (nSPS) is 10.8. The average Bonchev–Trinajstić information content (AvgIpc) is 3.35. The molecule has 3 aromatic carbocycles. The van der Waals surface area contributed by atoms with E-state index in [0.29, 0.717) is 24.5 Å². The lowest BCUT2D eigenvalue weighted by Gasteiger charge is -2.13. The summed E-state index contributed by atoms with van der Waals surface area (Å²) in [7, 11) is 3.98. The van der Waals surface area contributed by atoms with Crippen molar-refractivity contribution in [2.75, 3.05) is 19.0 Å². The fourth-order valence-electron chi connectivity index (χ4n) is 3.89. The van der Waals surface area contributed by atoms with Gasteiger partial charge in [-0.25, -0.2) is 9.50 Å². The topological polar surface area (TPSA) is 71.8 Å². The molecule has 0 aliphatic heterocycles. The molecule has 0 aliphatic rings. The van der Waals surface area contributed by atoms with Gasteiger partial charge in [-0.1, -0.05) is 54.6 Å². The number of anilines is 1. The van der Waals surface area contributed by atoms with Crippen molar-refractivity contribution in [3.8, 4) is 16.9 Å². The number of benzene rings is 3. The van der Waals surface area contributed by atoms with Gasteiger partial charge >= 0.3 is 0 Å². The number of carbonyl (C=O) groups excluding carboxylic acids is 1. The molecule has 0 atom stereocenters. The molecule has 0 radical (unpaired) electrons. The average molecular weight is 478 g/mol. The first-order valence-corrected chi connectivity index (χ1v) is 11.7. The third-order valence-electron chi connectivity index (χ3n) is 5.90. The molecule has 0 saturated heterocycles. The van der Waals surface area contributed by atoms with Crippen molar-refractivity contribution in [1.82, 2.24) is 19.9 Å². The van der Waals surface area contributed by atoms with Crippen LogP contribution in [0.2, 0.25) is 0 Å². The second-order valence-electron chi connectivity index (χ2n) is 8.68. The predicted octanol–water partition coefficient (Wildman–Crippen LogP) is 4.97. The van der Waals surface area contributed by atoms with Crippen molar-refractivity contribution in [3.63, 3.8) is 0 Å². The monoisotopic (exact) mass is 477 g/mol. The van der Waals surface area contributed by atoms with E-state index in [-0.39, 0.29) is 5.91 Å². The Morgan fingerprint density at radius 3 is 2.50 bits per heavy atom. The van der Waals surface area contributed by atoms with Gasteiger partial charge in [0.25, 0.3) is 5.91 Å². The molecule has 7 heteroatoms. The molecule has 180 valence electrons. The zero-order chi connectivity index (χ0) is 24.9. The van der Waals surface area contributed by atoms with Gasteiger partial charge in [0.2, 0.25) is 0 Å². The van der Waals surface area contributed by atoms with Gasteiger partial charge in [-0.3, -0.25) is 4.79 Å². The van der Waals surface area contributed by atoms with Gasteiger partial charge in [-0.05, 0) is 47.0 Å². The van der Waals surface area contributed by atoms with E-state index < -0.39 is 0 Å². The Morgan fingerprint density at radius 2 is 1.72 bits per heavy atom. The Bertz CT molecular complexity index is 1480. The molecule has 0 fully saturated rings. The van der Waals surface area contributed by atoms with Crippen molar-refractivity contribution in [2.45, 2.75) is 13.2 Å². The van der Waals surface area contributed by atoms with Gasteiger partial charge in [-0.15, -0.1) is 0 Å². The first kappa shape index (κ1) is 23.1. The van der Waals surface area contributed by atoms with E-state index in [1.807, 2.05) is 91.8 Å². The smallest absolute Gasteiger partial charge is 0.270 e. The first-order chi connectivity index (χ1) is 17.6. The van der Waals surface area contributed by atoms with Gasteiger partial charge in [0, 0.05) is 38.1 Å². The number of nitrogens with zero attached hydrogens (tertiary/aromatic N) is 4. The van der Waals surface area contributed by atoms with Crippen LogP contribution in [0.25, 0.3) is 16.8 Å². The summed E-state index contributed by atoms with van der Waals surface area (Å²) in [6, 6.07) is 27.6. The highest BCUT2D eigenvalue weighted by molar-refractivity contribution is 5.93. The van der Waals surface area contributed by atoms with Gasteiger partial charge < -0.3 is 15.0 Å². The van der Waals surface area contributed by atoms with Crippen LogP contribution in [0.1, 0.15) is 21.6 Å². The SMILES string of the molecule is CN(C)c1cccc(CNC(=O)c2ccn3ncc(-c4ccc(OCc5ccccc5)cc4)c3n2)c1. The van der Waals surface area contributed by atoms with Crippen LogP contribution in [-0.4, -0.2) is 34.6 Å². The number of nitrogens with one attached hydrogen (secondary N) is 1.